The van der Waals surface area contributed by atoms with Crippen LogP contribution in [0.2, 0.25) is 0 Å². The Morgan fingerprint density at radius 1 is 1.03 bits per heavy atom. The maximum absolute atomic E-state index is 5.96. The van der Waals surface area contributed by atoms with Gasteiger partial charge in [0.2, 0.25) is 5.89 Å². The Kier molecular flexibility index (Phi) is 5.84. The molecule has 0 radical (unpaired) electrons. The van der Waals surface area contributed by atoms with Crippen molar-refractivity contribution in [3.63, 3.8) is 0 Å². The molecule has 4 heterocycles. The molecule has 172 valence electrons. The summed E-state index contributed by atoms with van der Waals surface area (Å²) in [5, 5.41) is 13.0. The van der Waals surface area contributed by atoms with Crippen molar-refractivity contribution < 1.29 is 8.83 Å². The minimum Gasteiger partial charge on any atom is -0.454 e. The highest BCUT2D eigenvalue weighted by atomic mass is 79.9. The summed E-state index contributed by atoms with van der Waals surface area (Å²) < 4.78 is 14.8. The zero-order valence-corrected chi connectivity index (χ0v) is 20.8. The van der Waals surface area contributed by atoms with E-state index in [1.165, 1.54) is 12.1 Å². The van der Waals surface area contributed by atoms with Crippen LogP contribution in [0.25, 0.3) is 23.1 Å². The lowest BCUT2D eigenvalue weighted by Crippen LogP contribution is -2.31. The van der Waals surface area contributed by atoms with E-state index in [1.54, 1.807) is 0 Å². The molecule has 5 rings (SSSR count). The second-order valence-corrected chi connectivity index (χ2v) is 9.51. The van der Waals surface area contributed by atoms with Gasteiger partial charge in [-0.25, -0.2) is 0 Å². The molecule has 0 spiro atoms. The lowest BCUT2D eigenvalue weighted by molar-refractivity contribution is 0.315. The minimum atomic E-state index is 0.364. The van der Waals surface area contributed by atoms with Gasteiger partial charge < -0.3 is 18.6 Å². The fourth-order valence-corrected chi connectivity index (χ4v) is 4.49. The Morgan fingerprint density at radius 2 is 1.79 bits per heavy atom. The molecule has 33 heavy (non-hydrogen) atoms. The lowest BCUT2D eigenvalue weighted by atomic mass is 10.2. The molecule has 0 aliphatic carbocycles. The van der Waals surface area contributed by atoms with Gasteiger partial charge in [-0.15, -0.1) is 10.2 Å². The van der Waals surface area contributed by atoms with Crippen molar-refractivity contribution in [2.75, 3.05) is 32.1 Å². The molecule has 1 fully saturated rings. The van der Waals surface area contributed by atoms with Crippen LogP contribution in [0.4, 0.5) is 5.69 Å². The van der Waals surface area contributed by atoms with Gasteiger partial charge >= 0.3 is 0 Å². The molecule has 1 unspecified atom stereocenters. The summed E-state index contributed by atoms with van der Waals surface area (Å²) in [4.78, 5) is 4.71. The third kappa shape index (κ3) is 4.35. The molecule has 1 atom stereocenters. The number of hydrogen-bond donors (Lipinski definition) is 0. The maximum atomic E-state index is 5.96. The van der Waals surface area contributed by atoms with Crippen LogP contribution in [0.3, 0.4) is 0 Å². The summed E-state index contributed by atoms with van der Waals surface area (Å²) in [6, 6.07) is 12.7. The highest BCUT2D eigenvalue weighted by Gasteiger charge is 2.24. The summed E-state index contributed by atoms with van der Waals surface area (Å²) in [7, 11) is 4.29. The largest absolute Gasteiger partial charge is 0.454 e. The molecule has 1 aromatic carbocycles. The van der Waals surface area contributed by atoms with Gasteiger partial charge in [0.05, 0.1) is 22.4 Å². The zero-order chi connectivity index (χ0) is 23.1. The van der Waals surface area contributed by atoms with Crippen LogP contribution in [0.15, 0.2) is 49.7 Å². The Labute approximate surface area is 201 Å². The average Bonchev–Trinajstić information content (AvgIpc) is 3.60. The van der Waals surface area contributed by atoms with E-state index in [1.807, 2.05) is 42.8 Å². The van der Waals surface area contributed by atoms with Gasteiger partial charge in [0, 0.05) is 30.4 Å². The monoisotopic (exact) mass is 510 g/mol. The summed E-state index contributed by atoms with van der Waals surface area (Å²) in [6.07, 6.45) is 1.18. The molecular weight excluding hydrogens is 484 g/mol. The molecular formula is C24H27BrN6O2. The van der Waals surface area contributed by atoms with Crippen LogP contribution < -0.4 is 4.90 Å². The quantitative estimate of drug-likeness (QED) is 0.370. The number of anilines is 1. The average molecular weight is 511 g/mol. The van der Waals surface area contributed by atoms with Gasteiger partial charge in [0.25, 0.3) is 5.89 Å². The van der Waals surface area contributed by atoms with E-state index < -0.39 is 0 Å². The number of aromatic nitrogens is 4. The molecule has 0 amide bonds. The van der Waals surface area contributed by atoms with Crippen molar-refractivity contribution in [2.45, 2.75) is 32.9 Å². The first-order valence-electron chi connectivity index (χ1n) is 11.0. The number of halogens is 1. The van der Waals surface area contributed by atoms with Gasteiger partial charge in [-0.3, -0.25) is 4.68 Å². The molecule has 3 aromatic heterocycles. The topological polar surface area (TPSA) is 76.4 Å². The first-order valence-corrected chi connectivity index (χ1v) is 11.8. The van der Waals surface area contributed by atoms with Crippen LogP contribution in [0, 0.1) is 13.8 Å². The molecule has 4 aromatic rings. The van der Waals surface area contributed by atoms with E-state index in [9.17, 15) is 0 Å². The zero-order valence-electron chi connectivity index (χ0n) is 19.2. The Bertz CT molecular complexity index is 1260. The molecule has 1 saturated heterocycles. The molecule has 8 nitrogen and oxygen atoms in total. The number of benzene rings is 1. The van der Waals surface area contributed by atoms with Crippen molar-refractivity contribution >= 4 is 21.6 Å². The predicted molar refractivity (Wildman–Crippen MR) is 130 cm³/mol. The Balaban J connectivity index is 1.28. The summed E-state index contributed by atoms with van der Waals surface area (Å²) in [6.45, 7) is 6.65. The van der Waals surface area contributed by atoms with Crippen LogP contribution in [0.5, 0.6) is 0 Å². The number of aryl methyl sites for hydroxylation is 1. The molecule has 0 saturated carbocycles. The van der Waals surface area contributed by atoms with Crippen LogP contribution in [-0.2, 0) is 6.54 Å². The van der Waals surface area contributed by atoms with Crippen molar-refractivity contribution in [3.05, 3.63) is 58.0 Å². The fraction of sp³-hybridized carbons (Fsp3) is 0.375. The first-order chi connectivity index (χ1) is 15.9. The molecule has 0 N–H and O–H groups in total. The van der Waals surface area contributed by atoms with E-state index in [4.69, 9.17) is 8.83 Å². The van der Waals surface area contributed by atoms with Gasteiger partial charge in [0.1, 0.15) is 5.76 Å². The maximum Gasteiger partial charge on any atom is 0.283 e. The van der Waals surface area contributed by atoms with Crippen molar-refractivity contribution in [3.8, 4) is 23.1 Å². The summed E-state index contributed by atoms with van der Waals surface area (Å²) in [5.41, 5.74) is 4.11. The van der Waals surface area contributed by atoms with Gasteiger partial charge in [0.15, 0.2) is 5.76 Å². The molecule has 9 heteroatoms. The van der Waals surface area contributed by atoms with E-state index in [0.29, 0.717) is 30.1 Å². The highest BCUT2D eigenvalue weighted by Crippen LogP contribution is 2.29. The van der Waals surface area contributed by atoms with E-state index in [-0.39, 0.29) is 0 Å². The first kappa shape index (κ1) is 21.9. The second-order valence-electron chi connectivity index (χ2n) is 8.72. The highest BCUT2D eigenvalue weighted by molar-refractivity contribution is 9.10. The molecule has 1 aliphatic rings. The number of furan rings is 1. The van der Waals surface area contributed by atoms with Crippen LogP contribution >= 0.6 is 15.9 Å². The van der Waals surface area contributed by atoms with Gasteiger partial charge in [-0.1, -0.05) is 0 Å². The molecule has 0 bridgehead atoms. The minimum absolute atomic E-state index is 0.364. The summed E-state index contributed by atoms with van der Waals surface area (Å²) in [5.74, 6) is 2.16. The third-order valence-corrected chi connectivity index (χ3v) is 7.42. The molecule has 1 aliphatic heterocycles. The third-order valence-electron chi connectivity index (χ3n) is 6.27. The number of nitrogens with zero attached hydrogens (tertiary/aromatic N) is 6. The standard InChI is InChI=1S/C24H27BrN6O2/c1-15-22(25)16(2)31(28-15)14-20-9-10-21(32-20)24-27-26-23(33-24)17-5-7-18(8-6-17)30-12-11-19(13-30)29(3)4/h5-10,19H,11-14H2,1-4H3. The predicted octanol–water partition coefficient (Wildman–Crippen LogP) is 4.76. The van der Waals surface area contributed by atoms with E-state index in [2.05, 4.69) is 67.3 Å². The Morgan fingerprint density at radius 3 is 2.45 bits per heavy atom. The smallest absolute Gasteiger partial charge is 0.283 e. The lowest BCUT2D eigenvalue weighted by Gasteiger charge is -2.21. The van der Waals surface area contributed by atoms with Gasteiger partial charge in [-0.2, -0.15) is 5.10 Å². The van der Waals surface area contributed by atoms with E-state index >= 15 is 0 Å². The van der Waals surface area contributed by atoms with Crippen molar-refractivity contribution in [1.29, 1.82) is 0 Å². The van der Waals surface area contributed by atoms with Crippen molar-refractivity contribution in [2.24, 2.45) is 0 Å². The second kappa shape index (κ2) is 8.79. The summed E-state index contributed by atoms with van der Waals surface area (Å²) >= 11 is 3.56. The fourth-order valence-electron chi connectivity index (χ4n) is 4.21. The van der Waals surface area contributed by atoms with E-state index in [0.717, 1.165) is 40.3 Å². The van der Waals surface area contributed by atoms with Crippen molar-refractivity contribution in [1.82, 2.24) is 24.9 Å². The Hall–Kier alpha value is -2.91. The van der Waals surface area contributed by atoms with Gasteiger partial charge in [-0.05, 0) is 86.7 Å². The SMILES string of the molecule is Cc1nn(Cc2ccc(-c3nnc(-c4ccc(N5CCC(N(C)C)C5)cc4)o3)o2)c(C)c1Br. The number of likely N-dealkylation sites (N-methyl/N-ethyl adjacent to an activating group) is 1. The normalized spacial score (nSPS) is 16.3. The number of hydrogen-bond acceptors (Lipinski definition) is 7. The number of rotatable bonds is 6. The van der Waals surface area contributed by atoms with Crippen LogP contribution in [-0.4, -0.2) is 58.1 Å². The van der Waals surface area contributed by atoms with Crippen LogP contribution in [0.1, 0.15) is 23.6 Å².